The van der Waals surface area contributed by atoms with E-state index in [1.165, 1.54) is 19.4 Å². The molecule has 1 aliphatic rings. The van der Waals surface area contributed by atoms with Crippen molar-refractivity contribution in [1.82, 2.24) is 4.90 Å². The van der Waals surface area contributed by atoms with Crippen LogP contribution in [0.25, 0.3) is 0 Å². The highest BCUT2D eigenvalue weighted by Gasteiger charge is 2.34. The van der Waals surface area contributed by atoms with E-state index >= 15 is 0 Å². The maximum Gasteiger partial charge on any atom is 0.0651 e. The Kier molecular flexibility index (Phi) is 3.13. The maximum absolute atomic E-state index is 5.66. The van der Waals surface area contributed by atoms with E-state index < -0.39 is 0 Å². The predicted octanol–water partition coefficient (Wildman–Crippen LogP) is 1.90. The largest absolute Gasteiger partial charge is 0.377 e. The van der Waals surface area contributed by atoms with E-state index in [-0.39, 0.29) is 0 Å². The molecule has 0 aliphatic carbocycles. The van der Waals surface area contributed by atoms with Gasteiger partial charge in [0.1, 0.15) is 0 Å². The first-order chi connectivity index (χ1) is 5.54. The highest BCUT2D eigenvalue weighted by Crippen LogP contribution is 2.27. The molecule has 1 heterocycles. The van der Waals surface area contributed by atoms with Gasteiger partial charge in [-0.05, 0) is 47.2 Å². The summed E-state index contributed by atoms with van der Waals surface area (Å²) in [6.45, 7) is 8.58. The molecule has 1 aliphatic heterocycles. The molecule has 72 valence electrons. The zero-order valence-corrected chi connectivity index (χ0v) is 8.76. The van der Waals surface area contributed by atoms with E-state index in [1.54, 1.807) is 0 Å². The van der Waals surface area contributed by atoms with E-state index in [0.29, 0.717) is 11.6 Å². The van der Waals surface area contributed by atoms with Crippen molar-refractivity contribution in [3.8, 4) is 0 Å². The van der Waals surface area contributed by atoms with Crippen LogP contribution in [-0.2, 0) is 4.74 Å². The molecule has 0 unspecified atom stereocenters. The van der Waals surface area contributed by atoms with Crippen LogP contribution >= 0.6 is 0 Å². The van der Waals surface area contributed by atoms with Crippen molar-refractivity contribution >= 4 is 0 Å². The first kappa shape index (κ1) is 10.0. The third-order valence-corrected chi connectivity index (χ3v) is 2.86. The quantitative estimate of drug-likeness (QED) is 0.643. The third kappa shape index (κ3) is 2.20. The van der Waals surface area contributed by atoms with Crippen LogP contribution in [0.1, 0.15) is 33.6 Å². The number of ether oxygens (including phenoxy) is 1. The van der Waals surface area contributed by atoms with Crippen molar-refractivity contribution < 1.29 is 4.74 Å². The summed E-state index contributed by atoms with van der Waals surface area (Å²) in [4.78, 5) is 2.41. The van der Waals surface area contributed by atoms with Gasteiger partial charge < -0.3 is 4.74 Å². The fraction of sp³-hybridized carbons (Fsp3) is 1.00. The van der Waals surface area contributed by atoms with Crippen molar-refractivity contribution in [1.29, 1.82) is 0 Å². The Morgan fingerprint density at radius 1 is 1.50 bits per heavy atom. The molecule has 12 heavy (non-hydrogen) atoms. The molecule has 2 nitrogen and oxygen atoms in total. The summed E-state index contributed by atoms with van der Waals surface area (Å²) < 4.78 is 5.66. The molecule has 0 radical (unpaired) electrons. The molecular formula is C10H21NO. The molecule has 0 spiro atoms. The van der Waals surface area contributed by atoms with Gasteiger partial charge in [-0.3, -0.25) is 4.90 Å². The summed E-state index contributed by atoms with van der Waals surface area (Å²) in [6, 6.07) is 0. The van der Waals surface area contributed by atoms with Crippen LogP contribution in [0.15, 0.2) is 0 Å². The Balaban J connectivity index is 2.37. The van der Waals surface area contributed by atoms with Crippen LogP contribution in [0.3, 0.4) is 0 Å². The Hall–Kier alpha value is -0.0800. The van der Waals surface area contributed by atoms with Crippen LogP contribution in [0.5, 0.6) is 0 Å². The van der Waals surface area contributed by atoms with E-state index in [1.807, 2.05) is 0 Å². The minimum atomic E-state index is 0.296. The number of rotatable bonds is 3. The summed E-state index contributed by atoms with van der Waals surface area (Å²) in [5.74, 6) is 0. The van der Waals surface area contributed by atoms with Crippen molar-refractivity contribution in [3.05, 3.63) is 0 Å². The average molecular weight is 171 g/mol. The van der Waals surface area contributed by atoms with E-state index in [4.69, 9.17) is 4.74 Å². The molecule has 0 bridgehead atoms. The molecule has 1 atom stereocenters. The zero-order valence-electron chi connectivity index (χ0n) is 8.76. The first-order valence-corrected chi connectivity index (χ1v) is 4.87. The second-order valence-electron chi connectivity index (χ2n) is 4.38. The van der Waals surface area contributed by atoms with Gasteiger partial charge in [0.05, 0.1) is 12.7 Å². The fourth-order valence-electron chi connectivity index (χ4n) is 1.69. The van der Waals surface area contributed by atoms with Crippen molar-refractivity contribution in [3.63, 3.8) is 0 Å². The van der Waals surface area contributed by atoms with Crippen LogP contribution in [0, 0.1) is 0 Å². The molecule has 1 rings (SSSR count). The lowest BCUT2D eigenvalue weighted by Gasteiger charge is -2.32. The lowest BCUT2D eigenvalue weighted by Crippen LogP contribution is -2.43. The molecular weight excluding hydrogens is 150 g/mol. The lowest BCUT2D eigenvalue weighted by molar-refractivity contribution is 0.00360. The minimum absolute atomic E-state index is 0.296. The van der Waals surface area contributed by atoms with Gasteiger partial charge in [0.2, 0.25) is 0 Å². The molecule has 0 saturated carbocycles. The third-order valence-electron chi connectivity index (χ3n) is 2.86. The van der Waals surface area contributed by atoms with Gasteiger partial charge in [-0.25, -0.2) is 0 Å². The summed E-state index contributed by atoms with van der Waals surface area (Å²) in [5.41, 5.74) is 0.296. The zero-order chi connectivity index (χ0) is 9.19. The fourth-order valence-corrected chi connectivity index (χ4v) is 1.69. The van der Waals surface area contributed by atoms with Crippen molar-refractivity contribution in [2.24, 2.45) is 0 Å². The highest BCUT2D eigenvalue weighted by atomic mass is 16.5. The Morgan fingerprint density at radius 3 is 2.58 bits per heavy atom. The molecule has 1 fully saturated rings. The summed E-state index contributed by atoms with van der Waals surface area (Å²) in [6.07, 6.45) is 2.95. The van der Waals surface area contributed by atoms with Crippen molar-refractivity contribution in [2.75, 3.05) is 20.2 Å². The minimum Gasteiger partial charge on any atom is -0.377 e. The van der Waals surface area contributed by atoms with E-state index in [9.17, 15) is 0 Å². The van der Waals surface area contributed by atoms with Crippen LogP contribution < -0.4 is 0 Å². The smallest absolute Gasteiger partial charge is 0.0651 e. The SMILES string of the molecule is CC(C)OC[C@]1(C)CCCN1C. The van der Waals surface area contributed by atoms with Crippen molar-refractivity contribution in [2.45, 2.75) is 45.3 Å². The Labute approximate surface area is 75.9 Å². The average Bonchev–Trinajstić information content (AvgIpc) is 2.30. The Bertz CT molecular complexity index is 147. The van der Waals surface area contributed by atoms with Crippen LogP contribution in [0.2, 0.25) is 0 Å². The molecule has 0 amide bonds. The molecule has 0 aromatic carbocycles. The van der Waals surface area contributed by atoms with Gasteiger partial charge in [-0.15, -0.1) is 0 Å². The summed E-state index contributed by atoms with van der Waals surface area (Å²) in [5, 5.41) is 0. The predicted molar refractivity (Wildman–Crippen MR) is 51.4 cm³/mol. The molecule has 0 aromatic heterocycles. The van der Waals surface area contributed by atoms with Crippen LogP contribution in [0.4, 0.5) is 0 Å². The second kappa shape index (κ2) is 3.75. The van der Waals surface area contributed by atoms with Gasteiger partial charge in [-0.1, -0.05) is 0 Å². The topological polar surface area (TPSA) is 12.5 Å². The second-order valence-corrected chi connectivity index (χ2v) is 4.38. The van der Waals surface area contributed by atoms with Gasteiger partial charge >= 0.3 is 0 Å². The number of likely N-dealkylation sites (N-methyl/N-ethyl adjacent to an activating group) is 1. The molecule has 0 N–H and O–H groups in total. The monoisotopic (exact) mass is 171 g/mol. The van der Waals surface area contributed by atoms with E-state index in [0.717, 1.165) is 6.61 Å². The normalized spacial score (nSPS) is 31.8. The number of hydrogen-bond donors (Lipinski definition) is 0. The lowest BCUT2D eigenvalue weighted by atomic mass is 10.0. The maximum atomic E-state index is 5.66. The molecule has 2 heteroatoms. The van der Waals surface area contributed by atoms with Gasteiger partial charge in [0, 0.05) is 5.54 Å². The van der Waals surface area contributed by atoms with Gasteiger partial charge in [-0.2, -0.15) is 0 Å². The Morgan fingerprint density at radius 2 is 2.17 bits per heavy atom. The molecule has 0 aromatic rings. The highest BCUT2D eigenvalue weighted by molar-refractivity contribution is 4.89. The number of likely N-dealkylation sites (tertiary alicyclic amines) is 1. The number of hydrogen-bond acceptors (Lipinski definition) is 2. The molecule has 1 saturated heterocycles. The standard InChI is InChI=1S/C10H21NO/c1-9(2)12-8-10(3)6-5-7-11(10)4/h9H,5-8H2,1-4H3/t10-/m0/s1. The van der Waals surface area contributed by atoms with E-state index in [2.05, 4.69) is 32.7 Å². The summed E-state index contributed by atoms with van der Waals surface area (Å²) >= 11 is 0. The van der Waals surface area contributed by atoms with Crippen LogP contribution in [-0.4, -0.2) is 36.7 Å². The number of nitrogens with zero attached hydrogens (tertiary/aromatic N) is 1. The van der Waals surface area contributed by atoms with Gasteiger partial charge in [0.25, 0.3) is 0 Å². The van der Waals surface area contributed by atoms with Gasteiger partial charge in [0.15, 0.2) is 0 Å². The summed E-state index contributed by atoms with van der Waals surface area (Å²) in [7, 11) is 2.19. The first-order valence-electron chi connectivity index (χ1n) is 4.87.